The van der Waals surface area contributed by atoms with E-state index < -0.39 is 0 Å². The van der Waals surface area contributed by atoms with Crippen LogP contribution in [0, 0.1) is 0 Å². The second-order valence-electron chi connectivity index (χ2n) is 5.90. The van der Waals surface area contributed by atoms with Crippen molar-refractivity contribution in [3.63, 3.8) is 0 Å². The molecule has 0 amide bonds. The topological polar surface area (TPSA) is 12.5 Å². The van der Waals surface area contributed by atoms with Crippen LogP contribution in [0.3, 0.4) is 0 Å². The first-order chi connectivity index (χ1) is 11.9. The van der Waals surface area contributed by atoms with E-state index in [-0.39, 0.29) is 0 Å². The largest absolute Gasteiger partial charge is 0.457 e. The van der Waals surface area contributed by atoms with Crippen LogP contribution in [0.2, 0.25) is 0 Å². The minimum Gasteiger partial charge on any atom is -0.457 e. The third-order valence-electron chi connectivity index (χ3n) is 4.15. The number of nitrogens with zero attached hydrogens (tertiary/aromatic N) is 1. The third kappa shape index (κ3) is 3.18. The van der Waals surface area contributed by atoms with Crippen LogP contribution < -0.4 is 9.64 Å². The summed E-state index contributed by atoms with van der Waals surface area (Å²) in [4.78, 5) is 2.39. The highest BCUT2D eigenvalue weighted by Gasteiger charge is 2.13. The molecule has 24 heavy (non-hydrogen) atoms. The van der Waals surface area contributed by atoms with Gasteiger partial charge < -0.3 is 9.64 Å². The number of para-hydroxylation sites is 2. The molecule has 3 aromatic carbocycles. The van der Waals surface area contributed by atoms with Crippen molar-refractivity contribution in [3.8, 4) is 11.5 Å². The molecule has 0 N–H and O–H groups in total. The maximum absolute atomic E-state index is 5.95. The maximum Gasteiger partial charge on any atom is 0.127 e. The van der Waals surface area contributed by atoms with Gasteiger partial charge in [-0.1, -0.05) is 60.7 Å². The van der Waals surface area contributed by atoms with Crippen molar-refractivity contribution < 1.29 is 4.74 Å². The summed E-state index contributed by atoms with van der Waals surface area (Å²) in [5.74, 6) is 1.74. The van der Waals surface area contributed by atoms with Gasteiger partial charge in [0.05, 0.1) is 0 Å². The van der Waals surface area contributed by atoms with Gasteiger partial charge in [-0.3, -0.25) is 0 Å². The summed E-state index contributed by atoms with van der Waals surface area (Å²) in [6, 6.07) is 26.7. The molecule has 0 saturated heterocycles. The molecule has 2 nitrogen and oxygen atoms in total. The standard InChI is InChI=1S/C22H19NO/c1-2-11-20(12-3-1)24-21-13-6-8-18(16-21)17-23-15-7-10-19-9-4-5-14-22(19)23/h1-14,16H,15,17H2. The summed E-state index contributed by atoms with van der Waals surface area (Å²) in [6.45, 7) is 1.80. The molecule has 1 aliphatic rings. The van der Waals surface area contributed by atoms with E-state index in [1.807, 2.05) is 36.4 Å². The molecule has 4 rings (SSSR count). The molecule has 0 fully saturated rings. The number of fused-ring (bicyclic) bond motifs is 1. The molecule has 0 aromatic heterocycles. The van der Waals surface area contributed by atoms with Crippen molar-refractivity contribution in [2.75, 3.05) is 11.4 Å². The molecule has 0 bridgehead atoms. The van der Waals surface area contributed by atoms with Crippen molar-refractivity contribution in [1.82, 2.24) is 0 Å². The van der Waals surface area contributed by atoms with Crippen LogP contribution in [0.15, 0.2) is 84.9 Å². The molecule has 0 saturated carbocycles. The first-order valence-corrected chi connectivity index (χ1v) is 8.21. The molecule has 3 aromatic rings. The van der Waals surface area contributed by atoms with E-state index in [1.165, 1.54) is 16.8 Å². The van der Waals surface area contributed by atoms with Gasteiger partial charge in [0, 0.05) is 18.8 Å². The zero-order chi connectivity index (χ0) is 16.2. The fraction of sp³-hybridized carbons (Fsp3) is 0.0909. The number of anilines is 1. The predicted octanol–water partition coefficient (Wildman–Crippen LogP) is 5.51. The Morgan fingerprint density at radius 1 is 0.792 bits per heavy atom. The first kappa shape index (κ1) is 14.6. The Morgan fingerprint density at radius 2 is 1.58 bits per heavy atom. The highest BCUT2D eigenvalue weighted by atomic mass is 16.5. The van der Waals surface area contributed by atoms with E-state index in [4.69, 9.17) is 4.74 Å². The van der Waals surface area contributed by atoms with E-state index in [9.17, 15) is 0 Å². The van der Waals surface area contributed by atoms with Crippen LogP contribution in [-0.2, 0) is 6.54 Å². The molecule has 0 spiro atoms. The van der Waals surface area contributed by atoms with E-state index in [2.05, 4.69) is 59.5 Å². The zero-order valence-electron chi connectivity index (χ0n) is 13.4. The van der Waals surface area contributed by atoms with Crippen molar-refractivity contribution >= 4 is 11.8 Å². The molecular formula is C22H19NO. The average Bonchev–Trinajstić information content (AvgIpc) is 2.63. The monoisotopic (exact) mass is 313 g/mol. The molecule has 0 radical (unpaired) electrons. The lowest BCUT2D eigenvalue weighted by Crippen LogP contribution is -2.25. The summed E-state index contributed by atoms with van der Waals surface area (Å²) in [5, 5.41) is 0. The van der Waals surface area contributed by atoms with Crippen LogP contribution in [0.25, 0.3) is 6.08 Å². The summed E-state index contributed by atoms with van der Waals surface area (Å²) in [7, 11) is 0. The number of hydrogen-bond acceptors (Lipinski definition) is 2. The number of ether oxygens (including phenoxy) is 1. The second kappa shape index (κ2) is 6.63. The number of benzene rings is 3. The Kier molecular flexibility index (Phi) is 4.03. The average molecular weight is 313 g/mol. The van der Waals surface area contributed by atoms with Crippen LogP contribution in [0.1, 0.15) is 11.1 Å². The SMILES string of the molecule is C1=Cc2ccccc2N(Cc2cccc(Oc3ccccc3)c2)C1. The van der Waals surface area contributed by atoms with Gasteiger partial charge in [0.15, 0.2) is 0 Å². The number of rotatable bonds is 4. The maximum atomic E-state index is 5.95. The van der Waals surface area contributed by atoms with E-state index in [0.717, 1.165) is 24.6 Å². The number of hydrogen-bond donors (Lipinski definition) is 0. The first-order valence-electron chi connectivity index (χ1n) is 8.21. The van der Waals surface area contributed by atoms with Crippen molar-refractivity contribution in [1.29, 1.82) is 0 Å². The Balaban J connectivity index is 1.53. The second-order valence-corrected chi connectivity index (χ2v) is 5.90. The highest BCUT2D eigenvalue weighted by Crippen LogP contribution is 2.28. The van der Waals surface area contributed by atoms with Gasteiger partial charge in [0.1, 0.15) is 11.5 Å². The van der Waals surface area contributed by atoms with Crippen molar-refractivity contribution in [3.05, 3.63) is 96.1 Å². The van der Waals surface area contributed by atoms with Gasteiger partial charge in [-0.25, -0.2) is 0 Å². The van der Waals surface area contributed by atoms with E-state index in [1.54, 1.807) is 0 Å². The highest BCUT2D eigenvalue weighted by molar-refractivity contribution is 5.71. The molecule has 0 unspecified atom stereocenters. The molecule has 2 heteroatoms. The van der Waals surface area contributed by atoms with Gasteiger partial charge in [0.25, 0.3) is 0 Å². The minimum absolute atomic E-state index is 0.862. The van der Waals surface area contributed by atoms with Crippen LogP contribution in [0.4, 0.5) is 5.69 Å². The molecule has 0 aliphatic carbocycles. The summed E-state index contributed by atoms with van der Waals surface area (Å²) >= 11 is 0. The Bertz CT molecular complexity index is 855. The fourth-order valence-electron chi connectivity index (χ4n) is 3.02. The van der Waals surface area contributed by atoms with Crippen molar-refractivity contribution in [2.45, 2.75) is 6.54 Å². The summed E-state index contributed by atoms with van der Waals surface area (Å²) in [6.07, 6.45) is 4.41. The molecule has 0 atom stereocenters. The lowest BCUT2D eigenvalue weighted by atomic mass is 10.1. The van der Waals surface area contributed by atoms with Crippen LogP contribution in [0.5, 0.6) is 11.5 Å². The minimum atomic E-state index is 0.862. The fourth-order valence-corrected chi connectivity index (χ4v) is 3.02. The molecular weight excluding hydrogens is 294 g/mol. The van der Waals surface area contributed by atoms with Gasteiger partial charge in [-0.15, -0.1) is 0 Å². The predicted molar refractivity (Wildman–Crippen MR) is 99.5 cm³/mol. The lowest BCUT2D eigenvalue weighted by molar-refractivity contribution is 0.482. The van der Waals surface area contributed by atoms with E-state index >= 15 is 0 Å². The van der Waals surface area contributed by atoms with Crippen molar-refractivity contribution in [2.24, 2.45) is 0 Å². The van der Waals surface area contributed by atoms with Crippen LogP contribution >= 0.6 is 0 Å². The summed E-state index contributed by atoms with van der Waals surface area (Å²) in [5.41, 5.74) is 3.81. The Labute approximate surface area is 142 Å². The quantitative estimate of drug-likeness (QED) is 0.629. The van der Waals surface area contributed by atoms with E-state index in [0.29, 0.717) is 0 Å². The zero-order valence-corrected chi connectivity index (χ0v) is 13.4. The summed E-state index contributed by atoms with van der Waals surface area (Å²) < 4.78 is 5.95. The van der Waals surface area contributed by atoms with Crippen LogP contribution in [-0.4, -0.2) is 6.54 Å². The molecule has 1 aliphatic heterocycles. The molecule has 118 valence electrons. The van der Waals surface area contributed by atoms with Gasteiger partial charge in [0.2, 0.25) is 0 Å². The normalized spacial score (nSPS) is 12.8. The molecule has 1 heterocycles. The Hall–Kier alpha value is -3.00. The Morgan fingerprint density at radius 3 is 2.50 bits per heavy atom. The smallest absolute Gasteiger partial charge is 0.127 e. The van der Waals surface area contributed by atoms with Gasteiger partial charge >= 0.3 is 0 Å². The van der Waals surface area contributed by atoms with Gasteiger partial charge in [-0.05, 0) is 41.5 Å². The lowest BCUT2D eigenvalue weighted by Gasteiger charge is -2.28. The van der Waals surface area contributed by atoms with Gasteiger partial charge in [-0.2, -0.15) is 0 Å². The third-order valence-corrected chi connectivity index (χ3v) is 4.15.